The van der Waals surface area contributed by atoms with Gasteiger partial charge in [0.15, 0.2) is 23.0 Å². The predicted octanol–water partition coefficient (Wildman–Crippen LogP) is 2.96. The van der Waals surface area contributed by atoms with Crippen molar-refractivity contribution in [3.63, 3.8) is 0 Å². The van der Waals surface area contributed by atoms with Crippen LogP contribution < -0.4 is 0 Å². The van der Waals surface area contributed by atoms with Crippen molar-refractivity contribution in [1.29, 1.82) is 0 Å². The molecule has 2 rings (SSSR count). The molecule has 2 aromatic carbocycles. The predicted molar refractivity (Wildman–Crippen MR) is 140 cm³/mol. The molecule has 0 saturated carbocycles. The van der Waals surface area contributed by atoms with Gasteiger partial charge in [0.1, 0.15) is 0 Å². The lowest BCUT2D eigenvalue weighted by molar-refractivity contribution is -0.191. The Kier molecular flexibility index (Phi) is 11.1. The van der Waals surface area contributed by atoms with E-state index in [0.717, 1.165) is 24.3 Å². The standard InChI is InChI=1S/C28H30O12/c1-15(2)37-27(35)25(39-23(33)11-7-17-5-9-19(29)21(31)13-17)26(28(36)38-16(3)4)40-24(34)12-8-18-6-10-20(30)22(32)14-18/h5-16,25-26,29-32H,1-4H3/b11-7+,12-8+/t25-,26-/m1/s1. The van der Waals surface area contributed by atoms with Gasteiger partial charge < -0.3 is 39.4 Å². The Hall–Kier alpha value is -5.00. The number of hydrogen-bond donors (Lipinski definition) is 4. The number of phenols is 4. The Morgan fingerprint density at radius 1 is 0.575 bits per heavy atom. The van der Waals surface area contributed by atoms with Crippen molar-refractivity contribution in [2.24, 2.45) is 0 Å². The van der Waals surface area contributed by atoms with Crippen LogP contribution >= 0.6 is 0 Å². The van der Waals surface area contributed by atoms with E-state index in [9.17, 15) is 39.6 Å². The van der Waals surface area contributed by atoms with Crippen LogP contribution in [-0.2, 0) is 38.1 Å². The van der Waals surface area contributed by atoms with Gasteiger partial charge in [-0.1, -0.05) is 12.1 Å². The first kappa shape index (κ1) is 31.2. The van der Waals surface area contributed by atoms with Gasteiger partial charge >= 0.3 is 23.9 Å². The van der Waals surface area contributed by atoms with E-state index < -0.39 is 59.8 Å². The van der Waals surface area contributed by atoms with Crippen LogP contribution in [0.1, 0.15) is 38.8 Å². The highest BCUT2D eigenvalue weighted by Crippen LogP contribution is 2.26. The Labute approximate surface area is 229 Å². The highest BCUT2D eigenvalue weighted by Gasteiger charge is 2.43. The monoisotopic (exact) mass is 558 g/mol. The molecule has 0 saturated heterocycles. The third-order valence-corrected chi connectivity index (χ3v) is 4.75. The molecule has 12 heteroatoms. The van der Waals surface area contributed by atoms with Crippen molar-refractivity contribution in [2.75, 3.05) is 0 Å². The summed E-state index contributed by atoms with van der Waals surface area (Å²) in [6.07, 6.45) is -1.34. The largest absolute Gasteiger partial charge is 0.504 e. The molecule has 4 N–H and O–H groups in total. The first-order valence-electron chi connectivity index (χ1n) is 12.0. The molecule has 0 amide bonds. The summed E-state index contributed by atoms with van der Waals surface area (Å²) >= 11 is 0. The van der Waals surface area contributed by atoms with Crippen LogP contribution in [0.25, 0.3) is 12.2 Å². The van der Waals surface area contributed by atoms with E-state index in [0.29, 0.717) is 11.1 Å². The van der Waals surface area contributed by atoms with Gasteiger partial charge in [0, 0.05) is 12.2 Å². The van der Waals surface area contributed by atoms with Gasteiger partial charge in [-0.05, 0) is 75.2 Å². The van der Waals surface area contributed by atoms with E-state index in [2.05, 4.69) is 0 Å². The summed E-state index contributed by atoms with van der Waals surface area (Å²) in [5, 5.41) is 38.1. The molecule has 0 heterocycles. The van der Waals surface area contributed by atoms with Crippen LogP contribution in [0.3, 0.4) is 0 Å². The van der Waals surface area contributed by atoms with Gasteiger partial charge in [-0.3, -0.25) is 0 Å². The highest BCUT2D eigenvalue weighted by atomic mass is 16.6. The topological polar surface area (TPSA) is 186 Å². The molecular formula is C28H30O12. The number of phenolic OH excluding ortho intramolecular Hbond substituents is 4. The minimum atomic E-state index is -2.06. The molecule has 12 nitrogen and oxygen atoms in total. The molecule has 0 aliphatic heterocycles. The number of carbonyl (C=O) groups excluding carboxylic acids is 4. The number of benzene rings is 2. The van der Waals surface area contributed by atoms with Gasteiger partial charge in [0.2, 0.25) is 12.2 Å². The van der Waals surface area contributed by atoms with Crippen LogP contribution in [-0.4, -0.2) is 68.7 Å². The van der Waals surface area contributed by atoms with Gasteiger partial charge in [-0.15, -0.1) is 0 Å². The summed E-state index contributed by atoms with van der Waals surface area (Å²) in [5.41, 5.74) is 0.585. The smallest absolute Gasteiger partial charge is 0.352 e. The average molecular weight is 559 g/mol. The summed E-state index contributed by atoms with van der Waals surface area (Å²) < 4.78 is 20.6. The van der Waals surface area contributed by atoms with Crippen molar-refractivity contribution in [1.82, 2.24) is 0 Å². The summed E-state index contributed by atoms with van der Waals surface area (Å²) in [7, 11) is 0. The molecule has 0 fully saturated rings. The van der Waals surface area contributed by atoms with Crippen molar-refractivity contribution in [3.8, 4) is 23.0 Å². The zero-order valence-corrected chi connectivity index (χ0v) is 22.1. The first-order valence-corrected chi connectivity index (χ1v) is 12.0. The SMILES string of the molecule is CC(C)OC(=O)[C@H](OC(=O)/C=C/c1ccc(O)c(O)c1)[C@@H](OC(=O)/C=C/c1ccc(O)c(O)c1)C(=O)OC(C)C. The molecule has 0 aromatic heterocycles. The quantitative estimate of drug-likeness (QED) is 0.137. The average Bonchev–Trinajstić information content (AvgIpc) is 2.86. The molecule has 40 heavy (non-hydrogen) atoms. The van der Waals surface area contributed by atoms with Gasteiger partial charge in [-0.2, -0.15) is 0 Å². The Bertz CT molecular complexity index is 1190. The lowest BCUT2D eigenvalue weighted by Crippen LogP contribution is -2.48. The zero-order chi connectivity index (χ0) is 30.0. The fourth-order valence-corrected chi connectivity index (χ4v) is 3.01. The number of carbonyl (C=O) groups is 4. The third kappa shape index (κ3) is 9.71. The van der Waals surface area contributed by atoms with Crippen LogP contribution in [0, 0.1) is 0 Å². The first-order chi connectivity index (χ1) is 18.8. The summed E-state index contributed by atoms with van der Waals surface area (Å²) in [5.74, 6) is -6.27. The van der Waals surface area contributed by atoms with E-state index in [1.54, 1.807) is 0 Å². The maximum Gasteiger partial charge on any atom is 0.352 e. The summed E-state index contributed by atoms with van der Waals surface area (Å²) in [4.78, 5) is 50.9. The normalized spacial score (nSPS) is 12.8. The van der Waals surface area contributed by atoms with E-state index in [-0.39, 0.29) is 11.5 Å². The Morgan fingerprint density at radius 3 is 1.23 bits per heavy atom. The lowest BCUT2D eigenvalue weighted by Gasteiger charge is -2.25. The van der Waals surface area contributed by atoms with Gasteiger partial charge in [0.25, 0.3) is 0 Å². The fraction of sp³-hybridized carbons (Fsp3) is 0.286. The fourth-order valence-electron chi connectivity index (χ4n) is 3.01. The number of esters is 4. The highest BCUT2D eigenvalue weighted by molar-refractivity contribution is 5.94. The van der Waals surface area contributed by atoms with E-state index in [4.69, 9.17) is 18.9 Å². The molecule has 0 aliphatic carbocycles. The second kappa shape index (κ2) is 14.2. The number of rotatable bonds is 11. The van der Waals surface area contributed by atoms with Crippen LogP contribution in [0.5, 0.6) is 23.0 Å². The second-order valence-electron chi connectivity index (χ2n) is 8.85. The lowest BCUT2D eigenvalue weighted by atomic mass is 10.1. The third-order valence-electron chi connectivity index (χ3n) is 4.75. The molecule has 0 unspecified atom stereocenters. The molecule has 0 aliphatic rings. The van der Waals surface area contributed by atoms with Gasteiger partial charge in [-0.25, -0.2) is 19.2 Å². The van der Waals surface area contributed by atoms with Crippen LogP contribution in [0.15, 0.2) is 48.6 Å². The van der Waals surface area contributed by atoms with Crippen molar-refractivity contribution < 1.29 is 58.6 Å². The molecule has 0 bridgehead atoms. The molecule has 2 atom stereocenters. The Balaban J connectivity index is 2.33. The number of ether oxygens (including phenoxy) is 4. The van der Waals surface area contributed by atoms with E-state index in [1.165, 1.54) is 64.1 Å². The second-order valence-corrected chi connectivity index (χ2v) is 8.85. The Morgan fingerprint density at radius 2 is 0.925 bits per heavy atom. The molecule has 0 spiro atoms. The minimum Gasteiger partial charge on any atom is -0.504 e. The van der Waals surface area contributed by atoms with E-state index in [1.807, 2.05) is 0 Å². The summed E-state index contributed by atoms with van der Waals surface area (Å²) in [6.45, 7) is 6.04. The number of aromatic hydroxyl groups is 4. The zero-order valence-electron chi connectivity index (χ0n) is 22.1. The summed E-state index contributed by atoms with van der Waals surface area (Å²) in [6, 6.07) is 7.46. The van der Waals surface area contributed by atoms with Crippen molar-refractivity contribution in [3.05, 3.63) is 59.7 Å². The number of hydrogen-bond acceptors (Lipinski definition) is 12. The van der Waals surface area contributed by atoms with E-state index >= 15 is 0 Å². The van der Waals surface area contributed by atoms with Crippen LogP contribution in [0.4, 0.5) is 0 Å². The molecule has 0 radical (unpaired) electrons. The maximum absolute atomic E-state index is 12.9. The van der Waals surface area contributed by atoms with Gasteiger partial charge in [0.05, 0.1) is 12.2 Å². The molecule has 2 aromatic rings. The molecular weight excluding hydrogens is 528 g/mol. The minimum absolute atomic E-state index is 0.293. The van der Waals surface area contributed by atoms with Crippen molar-refractivity contribution in [2.45, 2.75) is 52.1 Å². The maximum atomic E-state index is 12.9. The van der Waals surface area contributed by atoms with Crippen LogP contribution in [0.2, 0.25) is 0 Å². The molecule has 214 valence electrons. The van der Waals surface area contributed by atoms with Crippen molar-refractivity contribution >= 4 is 36.0 Å².